The number of carbonyl (C=O) groups excluding carboxylic acids is 2. The number of hydrogen-bond acceptors (Lipinski definition) is 5. The molecule has 2 amide bonds. The van der Waals surface area contributed by atoms with Crippen molar-refractivity contribution in [3.63, 3.8) is 0 Å². The van der Waals surface area contributed by atoms with E-state index in [1.54, 1.807) is 41.3 Å². The summed E-state index contributed by atoms with van der Waals surface area (Å²) in [5, 5.41) is 0. The molecule has 0 atom stereocenters. The lowest BCUT2D eigenvalue weighted by Crippen LogP contribution is -2.47. The van der Waals surface area contributed by atoms with Crippen LogP contribution in [0.5, 0.6) is 0 Å². The number of likely N-dealkylation sites (tertiary alicyclic amines) is 1. The van der Waals surface area contributed by atoms with Crippen molar-refractivity contribution in [3.05, 3.63) is 54.1 Å². The van der Waals surface area contributed by atoms with Gasteiger partial charge in [0.1, 0.15) is 6.54 Å². The molecule has 0 saturated carbocycles. The molecule has 166 valence electrons. The van der Waals surface area contributed by atoms with Crippen LogP contribution < -0.4 is 10.0 Å². The van der Waals surface area contributed by atoms with Gasteiger partial charge in [0.15, 0.2) is 0 Å². The molecule has 7 nitrogen and oxygen atoms in total. The molecule has 1 aliphatic rings. The van der Waals surface area contributed by atoms with Crippen LogP contribution in [0.1, 0.15) is 18.4 Å². The summed E-state index contributed by atoms with van der Waals surface area (Å²) in [6.45, 7) is 2.38. The summed E-state index contributed by atoms with van der Waals surface area (Å²) in [6, 6.07) is 13.7. The number of benzene rings is 2. The van der Waals surface area contributed by atoms with Gasteiger partial charge < -0.3 is 10.6 Å². The van der Waals surface area contributed by atoms with Crippen molar-refractivity contribution in [2.75, 3.05) is 30.2 Å². The average molecular weight is 462 g/mol. The molecule has 31 heavy (non-hydrogen) atoms. The summed E-state index contributed by atoms with van der Waals surface area (Å²) in [5.41, 5.74) is 6.79. The Bertz CT molecular complexity index is 1030. The zero-order valence-electron chi connectivity index (χ0n) is 17.7. The Kier molecular flexibility index (Phi) is 7.27. The Labute approximate surface area is 187 Å². The number of piperidine rings is 1. The second kappa shape index (κ2) is 9.74. The first-order valence-corrected chi connectivity index (χ1v) is 12.7. The van der Waals surface area contributed by atoms with Gasteiger partial charge in [-0.2, -0.15) is 0 Å². The van der Waals surface area contributed by atoms with Gasteiger partial charge in [-0.15, -0.1) is 11.8 Å². The van der Waals surface area contributed by atoms with Crippen LogP contribution in [0.4, 0.5) is 5.69 Å². The second-order valence-corrected chi connectivity index (χ2v) is 10.3. The van der Waals surface area contributed by atoms with E-state index in [4.69, 9.17) is 5.73 Å². The lowest BCUT2D eigenvalue weighted by Gasteiger charge is -2.33. The van der Waals surface area contributed by atoms with Gasteiger partial charge in [-0.1, -0.05) is 17.7 Å². The molecule has 3 rings (SSSR count). The number of rotatable bonds is 7. The molecule has 1 fully saturated rings. The zero-order valence-corrected chi connectivity index (χ0v) is 19.3. The van der Waals surface area contributed by atoms with E-state index in [1.807, 2.05) is 25.3 Å². The Morgan fingerprint density at radius 1 is 1.06 bits per heavy atom. The molecule has 0 aliphatic carbocycles. The number of hydrogen-bond donors (Lipinski definition) is 1. The number of nitrogens with zero attached hydrogens (tertiary/aromatic N) is 2. The molecule has 1 aliphatic heterocycles. The maximum Gasteiger partial charge on any atom is 0.264 e. The van der Waals surface area contributed by atoms with E-state index in [0.717, 1.165) is 14.8 Å². The summed E-state index contributed by atoms with van der Waals surface area (Å²) in [5.74, 6) is -0.895. The molecule has 2 aromatic carbocycles. The number of carbonyl (C=O) groups is 2. The fourth-order valence-electron chi connectivity index (χ4n) is 3.54. The van der Waals surface area contributed by atoms with Crippen molar-refractivity contribution >= 4 is 39.3 Å². The molecule has 1 heterocycles. The van der Waals surface area contributed by atoms with Crippen LogP contribution in [0.15, 0.2) is 58.3 Å². The molecule has 9 heteroatoms. The zero-order chi connectivity index (χ0) is 22.6. The van der Waals surface area contributed by atoms with Gasteiger partial charge in [0.25, 0.3) is 10.0 Å². The molecule has 0 aromatic heterocycles. The summed E-state index contributed by atoms with van der Waals surface area (Å²) in [6.07, 6.45) is 2.91. The van der Waals surface area contributed by atoms with Crippen LogP contribution in [-0.4, -0.2) is 51.0 Å². The number of aryl methyl sites for hydroxylation is 1. The van der Waals surface area contributed by atoms with Crippen LogP contribution in [-0.2, 0) is 19.6 Å². The van der Waals surface area contributed by atoms with Crippen LogP contribution in [0.2, 0.25) is 0 Å². The van der Waals surface area contributed by atoms with Crippen LogP contribution in [0.25, 0.3) is 0 Å². The van der Waals surface area contributed by atoms with Gasteiger partial charge >= 0.3 is 0 Å². The number of thioether (sulfide) groups is 1. The number of nitrogens with two attached hydrogens (primary N) is 1. The van der Waals surface area contributed by atoms with Crippen molar-refractivity contribution < 1.29 is 18.0 Å². The second-order valence-electron chi connectivity index (χ2n) is 7.58. The van der Waals surface area contributed by atoms with Crippen LogP contribution in [0.3, 0.4) is 0 Å². The monoisotopic (exact) mass is 461 g/mol. The minimum absolute atomic E-state index is 0.131. The predicted molar refractivity (Wildman–Crippen MR) is 122 cm³/mol. The third-order valence-electron chi connectivity index (χ3n) is 5.50. The Balaban J connectivity index is 1.87. The van der Waals surface area contributed by atoms with Gasteiger partial charge in [0, 0.05) is 23.9 Å². The largest absolute Gasteiger partial charge is 0.369 e. The van der Waals surface area contributed by atoms with E-state index in [0.29, 0.717) is 31.6 Å². The van der Waals surface area contributed by atoms with Crippen molar-refractivity contribution in [1.29, 1.82) is 0 Å². The highest BCUT2D eigenvalue weighted by atomic mass is 32.2. The third kappa shape index (κ3) is 5.40. The highest BCUT2D eigenvalue weighted by Gasteiger charge is 2.31. The van der Waals surface area contributed by atoms with Crippen molar-refractivity contribution in [2.45, 2.75) is 29.6 Å². The van der Waals surface area contributed by atoms with Gasteiger partial charge in [0.2, 0.25) is 11.8 Å². The lowest BCUT2D eigenvalue weighted by molar-refractivity contribution is -0.133. The fraction of sp³-hybridized carbons (Fsp3) is 0.364. The Morgan fingerprint density at radius 3 is 2.16 bits per heavy atom. The standard InChI is InChI=1S/C22H27N3O4S2/c1-16-3-5-18(6-4-16)25(31(28,29)20-9-7-19(30-2)8-10-20)15-21(26)24-13-11-17(12-14-24)22(23)27/h3-10,17H,11-15H2,1-2H3,(H2,23,27). The van der Waals surface area contributed by atoms with E-state index in [-0.39, 0.29) is 29.2 Å². The highest BCUT2D eigenvalue weighted by molar-refractivity contribution is 7.98. The maximum atomic E-state index is 13.5. The average Bonchev–Trinajstić information content (AvgIpc) is 2.78. The number of anilines is 1. The molecule has 2 N–H and O–H groups in total. The van der Waals surface area contributed by atoms with Crippen molar-refractivity contribution in [1.82, 2.24) is 4.90 Å². The van der Waals surface area contributed by atoms with Gasteiger partial charge in [-0.3, -0.25) is 13.9 Å². The minimum atomic E-state index is -3.95. The topological polar surface area (TPSA) is 101 Å². The Morgan fingerprint density at radius 2 is 1.65 bits per heavy atom. The summed E-state index contributed by atoms with van der Waals surface area (Å²) >= 11 is 1.52. The number of sulfonamides is 1. The molecule has 1 saturated heterocycles. The predicted octanol–water partition coefficient (Wildman–Crippen LogP) is 2.64. The molecule has 2 aromatic rings. The molecule has 0 spiro atoms. The first kappa shape index (κ1) is 23.1. The third-order valence-corrected chi connectivity index (χ3v) is 8.03. The minimum Gasteiger partial charge on any atom is -0.369 e. The van der Waals surface area contributed by atoms with Gasteiger partial charge in [-0.25, -0.2) is 8.42 Å². The molecule has 0 bridgehead atoms. The number of amides is 2. The lowest BCUT2D eigenvalue weighted by atomic mass is 9.96. The molecule has 0 radical (unpaired) electrons. The molecular weight excluding hydrogens is 434 g/mol. The van der Waals surface area contributed by atoms with Crippen LogP contribution >= 0.6 is 11.8 Å². The molecular formula is C22H27N3O4S2. The quantitative estimate of drug-likeness (QED) is 0.639. The highest BCUT2D eigenvalue weighted by Crippen LogP contribution is 2.26. The number of primary amides is 1. The first-order valence-electron chi connectivity index (χ1n) is 10.0. The van der Waals surface area contributed by atoms with E-state index in [2.05, 4.69) is 0 Å². The van der Waals surface area contributed by atoms with E-state index >= 15 is 0 Å². The van der Waals surface area contributed by atoms with Crippen molar-refractivity contribution in [2.24, 2.45) is 11.7 Å². The summed E-state index contributed by atoms with van der Waals surface area (Å²) < 4.78 is 28.1. The van der Waals surface area contributed by atoms with E-state index in [1.165, 1.54) is 11.8 Å². The van der Waals surface area contributed by atoms with Crippen LogP contribution in [0, 0.1) is 12.8 Å². The SMILES string of the molecule is CSc1ccc(S(=O)(=O)N(CC(=O)N2CCC(C(N)=O)CC2)c2ccc(C)cc2)cc1. The first-order chi connectivity index (χ1) is 14.7. The van der Waals surface area contributed by atoms with Gasteiger partial charge in [-0.05, 0) is 62.4 Å². The maximum absolute atomic E-state index is 13.5. The van der Waals surface area contributed by atoms with E-state index < -0.39 is 10.0 Å². The smallest absolute Gasteiger partial charge is 0.264 e. The fourth-order valence-corrected chi connectivity index (χ4v) is 5.36. The summed E-state index contributed by atoms with van der Waals surface area (Å²) in [4.78, 5) is 27.1. The van der Waals surface area contributed by atoms with Gasteiger partial charge in [0.05, 0.1) is 10.6 Å². The summed E-state index contributed by atoms with van der Waals surface area (Å²) in [7, 11) is -3.95. The normalized spacial score (nSPS) is 15.0. The molecule has 0 unspecified atom stereocenters. The van der Waals surface area contributed by atoms with E-state index in [9.17, 15) is 18.0 Å². The van der Waals surface area contributed by atoms with Crippen molar-refractivity contribution in [3.8, 4) is 0 Å². The Hall–Kier alpha value is -2.52.